The minimum absolute atomic E-state index is 0.0987. The number of nitrogens with one attached hydrogen (secondary N) is 2. The summed E-state index contributed by atoms with van der Waals surface area (Å²) in [6, 6.07) is 6.98. The third-order valence-electron chi connectivity index (χ3n) is 3.15. The van der Waals surface area contributed by atoms with Gasteiger partial charge in [-0.3, -0.25) is 4.79 Å². The van der Waals surface area contributed by atoms with E-state index in [9.17, 15) is 9.59 Å². The monoisotopic (exact) mass is 308 g/mol. The highest BCUT2D eigenvalue weighted by Crippen LogP contribution is 2.29. The van der Waals surface area contributed by atoms with Crippen LogP contribution in [0, 0.1) is 5.92 Å². The maximum atomic E-state index is 11.9. The van der Waals surface area contributed by atoms with E-state index in [0.717, 1.165) is 17.7 Å². The number of methoxy groups -OCH3 is 1. The normalized spacial score (nSPS) is 11.8. The number of ether oxygens (including phenoxy) is 1. The molecule has 0 aromatic heterocycles. The largest absolute Gasteiger partial charge is 0.496 e. The second-order valence-electron chi connectivity index (χ2n) is 5.47. The van der Waals surface area contributed by atoms with E-state index in [4.69, 9.17) is 9.84 Å². The zero-order valence-electron chi connectivity index (χ0n) is 13.3. The molecule has 6 heteroatoms. The van der Waals surface area contributed by atoms with Crippen molar-refractivity contribution in [3.05, 3.63) is 29.8 Å². The fourth-order valence-electron chi connectivity index (χ4n) is 2.18. The van der Waals surface area contributed by atoms with Crippen LogP contribution in [0.3, 0.4) is 0 Å². The number of para-hydroxylation sites is 1. The summed E-state index contributed by atoms with van der Waals surface area (Å²) in [6.45, 7) is 4.25. The van der Waals surface area contributed by atoms with Crippen LogP contribution in [0.15, 0.2) is 24.3 Å². The third-order valence-corrected chi connectivity index (χ3v) is 3.15. The van der Waals surface area contributed by atoms with Crippen molar-refractivity contribution in [2.24, 2.45) is 5.92 Å². The maximum absolute atomic E-state index is 11.9. The van der Waals surface area contributed by atoms with Crippen molar-refractivity contribution in [3.8, 4) is 5.75 Å². The highest BCUT2D eigenvalue weighted by Gasteiger charge is 2.19. The molecule has 6 nitrogen and oxygen atoms in total. The summed E-state index contributed by atoms with van der Waals surface area (Å²) in [5.41, 5.74) is 0.909. The van der Waals surface area contributed by atoms with Gasteiger partial charge in [-0.15, -0.1) is 0 Å². The summed E-state index contributed by atoms with van der Waals surface area (Å²) >= 11 is 0. The van der Waals surface area contributed by atoms with Crippen molar-refractivity contribution >= 4 is 12.0 Å². The Kier molecular flexibility index (Phi) is 7.22. The Bertz CT molecular complexity index is 503. The molecule has 22 heavy (non-hydrogen) atoms. The van der Waals surface area contributed by atoms with Crippen LogP contribution in [-0.4, -0.2) is 30.8 Å². The molecule has 1 unspecified atom stereocenters. The molecular weight excluding hydrogens is 284 g/mol. The molecule has 0 aliphatic heterocycles. The molecule has 0 fully saturated rings. The minimum Gasteiger partial charge on any atom is -0.496 e. The number of carboxylic acids is 1. The Morgan fingerprint density at radius 1 is 1.27 bits per heavy atom. The van der Waals surface area contributed by atoms with E-state index in [2.05, 4.69) is 24.5 Å². The highest BCUT2D eigenvalue weighted by atomic mass is 16.5. The number of carbonyl (C=O) groups is 2. The molecule has 0 aliphatic carbocycles. The van der Waals surface area contributed by atoms with Gasteiger partial charge in [0.1, 0.15) is 5.75 Å². The van der Waals surface area contributed by atoms with Crippen molar-refractivity contribution < 1.29 is 19.4 Å². The number of amides is 2. The van der Waals surface area contributed by atoms with E-state index >= 15 is 0 Å². The molecule has 0 heterocycles. The van der Waals surface area contributed by atoms with Crippen LogP contribution in [0.4, 0.5) is 4.79 Å². The van der Waals surface area contributed by atoms with Gasteiger partial charge in [-0.25, -0.2) is 4.79 Å². The Morgan fingerprint density at radius 3 is 2.55 bits per heavy atom. The van der Waals surface area contributed by atoms with Crippen LogP contribution in [0.2, 0.25) is 0 Å². The van der Waals surface area contributed by atoms with Gasteiger partial charge in [0.05, 0.1) is 19.6 Å². The molecule has 0 radical (unpaired) electrons. The van der Waals surface area contributed by atoms with Gasteiger partial charge >= 0.3 is 12.0 Å². The number of rotatable bonds is 8. The first-order chi connectivity index (χ1) is 10.4. The molecule has 1 aromatic rings. The lowest BCUT2D eigenvalue weighted by molar-refractivity contribution is -0.136. The maximum Gasteiger partial charge on any atom is 0.315 e. The lowest BCUT2D eigenvalue weighted by Gasteiger charge is -2.23. The highest BCUT2D eigenvalue weighted by molar-refractivity contribution is 5.75. The fourth-order valence-corrected chi connectivity index (χ4v) is 2.18. The smallest absolute Gasteiger partial charge is 0.315 e. The summed E-state index contributed by atoms with van der Waals surface area (Å²) < 4.78 is 5.35. The first-order valence-corrected chi connectivity index (χ1v) is 7.33. The predicted molar refractivity (Wildman–Crippen MR) is 84.0 cm³/mol. The van der Waals surface area contributed by atoms with Crippen molar-refractivity contribution in [2.45, 2.75) is 32.7 Å². The number of urea groups is 1. The Hall–Kier alpha value is -2.24. The summed E-state index contributed by atoms with van der Waals surface area (Å²) in [5, 5.41) is 14.0. The molecular formula is C16H24N2O4. The number of benzene rings is 1. The number of hydrogen-bond acceptors (Lipinski definition) is 3. The van der Waals surface area contributed by atoms with Gasteiger partial charge in [-0.05, 0) is 18.4 Å². The number of carbonyl (C=O) groups excluding carboxylic acids is 1. The second kappa shape index (κ2) is 8.92. The summed E-state index contributed by atoms with van der Waals surface area (Å²) in [4.78, 5) is 22.4. The third kappa shape index (κ3) is 6.03. The molecule has 0 bridgehead atoms. The SMILES string of the molecule is COc1ccccc1C(CC(C)C)NC(=O)NCCC(=O)O. The van der Waals surface area contributed by atoms with E-state index in [-0.39, 0.29) is 25.0 Å². The van der Waals surface area contributed by atoms with Crippen molar-refractivity contribution in [2.75, 3.05) is 13.7 Å². The molecule has 1 atom stereocenters. The van der Waals surface area contributed by atoms with Crippen molar-refractivity contribution in [3.63, 3.8) is 0 Å². The van der Waals surface area contributed by atoms with Crippen LogP contribution >= 0.6 is 0 Å². The van der Waals surface area contributed by atoms with Crippen LogP contribution in [-0.2, 0) is 4.79 Å². The molecule has 122 valence electrons. The van der Waals surface area contributed by atoms with Crippen LogP contribution in [0.1, 0.15) is 38.3 Å². The predicted octanol–water partition coefficient (Wildman–Crippen LogP) is 2.56. The number of hydrogen-bond donors (Lipinski definition) is 3. The van der Waals surface area contributed by atoms with Gasteiger partial charge < -0.3 is 20.5 Å². The first kappa shape index (κ1) is 17.8. The molecule has 3 N–H and O–H groups in total. The summed E-state index contributed by atoms with van der Waals surface area (Å²) in [5.74, 6) is 0.164. The zero-order valence-corrected chi connectivity index (χ0v) is 13.3. The standard InChI is InChI=1S/C16H24N2O4/c1-11(2)10-13(12-6-4-5-7-14(12)22-3)18-16(21)17-9-8-15(19)20/h4-7,11,13H,8-10H2,1-3H3,(H,19,20)(H2,17,18,21). The zero-order chi connectivity index (χ0) is 16.5. The van der Waals surface area contributed by atoms with Gasteiger partial charge in [0.15, 0.2) is 0 Å². The minimum atomic E-state index is -0.941. The van der Waals surface area contributed by atoms with E-state index < -0.39 is 5.97 Å². The van der Waals surface area contributed by atoms with Crippen molar-refractivity contribution in [1.82, 2.24) is 10.6 Å². The Labute approximate surface area is 130 Å². The summed E-state index contributed by atoms with van der Waals surface area (Å²) in [7, 11) is 1.60. The molecule has 0 saturated heterocycles. The molecule has 0 aliphatic rings. The lowest BCUT2D eigenvalue weighted by atomic mass is 9.96. The Morgan fingerprint density at radius 2 is 1.95 bits per heavy atom. The molecule has 0 saturated carbocycles. The van der Waals surface area contributed by atoms with Crippen LogP contribution < -0.4 is 15.4 Å². The topological polar surface area (TPSA) is 87.7 Å². The molecule has 2 amide bonds. The number of carboxylic acid groups (broad SMARTS) is 1. The van der Waals surface area contributed by atoms with E-state index in [0.29, 0.717) is 5.92 Å². The fraction of sp³-hybridized carbons (Fsp3) is 0.500. The quantitative estimate of drug-likeness (QED) is 0.688. The van der Waals surface area contributed by atoms with Gasteiger partial charge in [0.25, 0.3) is 0 Å². The van der Waals surface area contributed by atoms with Crippen molar-refractivity contribution in [1.29, 1.82) is 0 Å². The second-order valence-corrected chi connectivity index (χ2v) is 5.47. The number of aliphatic carboxylic acids is 1. The van der Waals surface area contributed by atoms with Crippen LogP contribution in [0.5, 0.6) is 5.75 Å². The van der Waals surface area contributed by atoms with Gasteiger partial charge in [-0.2, -0.15) is 0 Å². The molecule has 1 rings (SSSR count). The average Bonchev–Trinajstić information content (AvgIpc) is 2.45. The Balaban J connectivity index is 2.76. The average molecular weight is 308 g/mol. The van der Waals surface area contributed by atoms with Crippen LogP contribution in [0.25, 0.3) is 0 Å². The van der Waals surface area contributed by atoms with Gasteiger partial charge in [-0.1, -0.05) is 32.0 Å². The summed E-state index contributed by atoms with van der Waals surface area (Å²) in [6.07, 6.45) is 0.656. The van der Waals surface area contributed by atoms with E-state index in [1.54, 1.807) is 7.11 Å². The first-order valence-electron chi connectivity index (χ1n) is 7.33. The van der Waals surface area contributed by atoms with E-state index in [1.165, 1.54) is 0 Å². The van der Waals surface area contributed by atoms with E-state index in [1.807, 2.05) is 24.3 Å². The molecule has 1 aromatic carbocycles. The van der Waals surface area contributed by atoms with Gasteiger partial charge in [0, 0.05) is 12.1 Å². The lowest BCUT2D eigenvalue weighted by Crippen LogP contribution is -2.39. The van der Waals surface area contributed by atoms with Gasteiger partial charge in [0.2, 0.25) is 0 Å². The molecule has 0 spiro atoms.